The van der Waals surface area contributed by atoms with Crippen LogP contribution in [-0.4, -0.2) is 15.0 Å². The van der Waals surface area contributed by atoms with Crippen LogP contribution in [0.3, 0.4) is 0 Å². The largest absolute Gasteiger partial charge is 0.240 e. The van der Waals surface area contributed by atoms with Crippen molar-refractivity contribution in [2.24, 2.45) is 0 Å². The van der Waals surface area contributed by atoms with Crippen molar-refractivity contribution in [3.8, 4) is 0 Å². The Bertz CT molecular complexity index is 463. The molecule has 1 aromatic carbocycles. The molecule has 1 rings (SSSR count). The van der Waals surface area contributed by atoms with Crippen LogP contribution in [0.4, 0.5) is 0 Å². The minimum atomic E-state index is -3.50. The predicted molar refractivity (Wildman–Crippen MR) is 66.7 cm³/mol. The van der Waals surface area contributed by atoms with Gasteiger partial charge in [0.2, 0.25) is 10.0 Å². The third-order valence-electron chi connectivity index (χ3n) is 2.11. The van der Waals surface area contributed by atoms with Crippen LogP contribution in [0.15, 0.2) is 17.0 Å². The molecular weight excluding hydrogens is 269 g/mol. The Kier molecular flexibility index (Phi) is 4.62. The fourth-order valence-electron chi connectivity index (χ4n) is 1.10. The molecule has 90 valence electrons. The lowest BCUT2D eigenvalue weighted by Gasteiger charge is -2.08. The van der Waals surface area contributed by atoms with Crippen LogP contribution in [0.2, 0.25) is 10.0 Å². The van der Waals surface area contributed by atoms with E-state index in [1.807, 2.05) is 6.92 Å². The topological polar surface area (TPSA) is 46.2 Å². The first-order valence-corrected chi connectivity index (χ1v) is 7.07. The Balaban J connectivity index is 3.14. The number of benzene rings is 1. The van der Waals surface area contributed by atoms with Crippen molar-refractivity contribution in [1.82, 2.24) is 4.72 Å². The maximum atomic E-state index is 11.8. The number of rotatable bonds is 4. The summed E-state index contributed by atoms with van der Waals surface area (Å²) in [4.78, 5) is 0.0987. The van der Waals surface area contributed by atoms with E-state index in [0.29, 0.717) is 22.2 Å². The number of sulfonamides is 1. The first kappa shape index (κ1) is 13.8. The zero-order valence-corrected chi connectivity index (χ0v) is 11.4. The molecule has 0 heterocycles. The lowest BCUT2D eigenvalue weighted by atomic mass is 10.2. The van der Waals surface area contributed by atoms with Crippen molar-refractivity contribution < 1.29 is 8.42 Å². The van der Waals surface area contributed by atoms with E-state index in [0.717, 1.165) is 6.42 Å². The molecule has 0 unspecified atom stereocenters. The van der Waals surface area contributed by atoms with Gasteiger partial charge in [-0.25, -0.2) is 13.1 Å². The van der Waals surface area contributed by atoms with Gasteiger partial charge in [-0.1, -0.05) is 30.1 Å². The van der Waals surface area contributed by atoms with Gasteiger partial charge in [0.05, 0.1) is 4.90 Å². The van der Waals surface area contributed by atoms with Crippen LogP contribution in [0.5, 0.6) is 0 Å². The van der Waals surface area contributed by atoms with E-state index in [4.69, 9.17) is 23.2 Å². The zero-order valence-electron chi connectivity index (χ0n) is 9.05. The smallest absolute Gasteiger partial charge is 0.211 e. The minimum Gasteiger partial charge on any atom is -0.211 e. The second kappa shape index (κ2) is 5.36. The first-order chi connectivity index (χ1) is 7.38. The number of hydrogen-bond acceptors (Lipinski definition) is 2. The number of halogens is 2. The van der Waals surface area contributed by atoms with Gasteiger partial charge in [0.25, 0.3) is 0 Å². The predicted octanol–water partition coefficient (Wildman–Crippen LogP) is 2.99. The molecule has 0 saturated carbocycles. The molecule has 3 nitrogen and oxygen atoms in total. The SMILES string of the molecule is CCCNS(=O)(=O)c1cc(Cl)c(C)c(Cl)c1. The Hall–Kier alpha value is -0.290. The lowest BCUT2D eigenvalue weighted by Crippen LogP contribution is -2.24. The summed E-state index contributed by atoms with van der Waals surface area (Å²) in [5, 5.41) is 0.703. The Morgan fingerprint density at radius 3 is 2.19 bits per heavy atom. The average molecular weight is 282 g/mol. The summed E-state index contributed by atoms with van der Waals surface area (Å²) in [6.45, 7) is 4.02. The van der Waals surface area contributed by atoms with Crippen molar-refractivity contribution in [2.75, 3.05) is 6.54 Å². The van der Waals surface area contributed by atoms with Gasteiger partial charge in [0.1, 0.15) is 0 Å². The molecule has 6 heteroatoms. The van der Waals surface area contributed by atoms with Gasteiger partial charge in [-0.3, -0.25) is 0 Å². The fourth-order valence-corrected chi connectivity index (χ4v) is 2.90. The Morgan fingerprint density at radius 1 is 1.25 bits per heavy atom. The quantitative estimate of drug-likeness (QED) is 0.922. The molecule has 0 spiro atoms. The molecule has 1 aromatic rings. The van der Waals surface area contributed by atoms with Gasteiger partial charge < -0.3 is 0 Å². The third-order valence-corrected chi connectivity index (χ3v) is 4.33. The standard InChI is InChI=1S/C10H13Cl2NO2S/c1-3-4-13-16(14,15)8-5-9(11)7(2)10(12)6-8/h5-6,13H,3-4H2,1-2H3. The average Bonchev–Trinajstić information content (AvgIpc) is 2.22. The van der Waals surface area contributed by atoms with Crippen LogP contribution >= 0.6 is 23.2 Å². The van der Waals surface area contributed by atoms with Gasteiger partial charge >= 0.3 is 0 Å². The molecule has 0 amide bonds. The maximum Gasteiger partial charge on any atom is 0.240 e. The second-order valence-corrected chi connectivity index (χ2v) is 5.99. The highest BCUT2D eigenvalue weighted by Gasteiger charge is 2.16. The highest BCUT2D eigenvalue weighted by Crippen LogP contribution is 2.27. The van der Waals surface area contributed by atoms with E-state index in [1.54, 1.807) is 6.92 Å². The van der Waals surface area contributed by atoms with Crippen molar-refractivity contribution in [3.05, 3.63) is 27.7 Å². The fraction of sp³-hybridized carbons (Fsp3) is 0.400. The highest BCUT2D eigenvalue weighted by atomic mass is 35.5. The van der Waals surface area contributed by atoms with E-state index in [2.05, 4.69) is 4.72 Å². The van der Waals surface area contributed by atoms with Gasteiger partial charge in [-0.15, -0.1) is 0 Å². The molecule has 1 N–H and O–H groups in total. The monoisotopic (exact) mass is 281 g/mol. The summed E-state index contributed by atoms with van der Waals surface area (Å²) < 4.78 is 26.0. The summed E-state index contributed by atoms with van der Waals surface area (Å²) in [6.07, 6.45) is 0.729. The van der Waals surface area contributed by atoms with E-state index >= 15 is 0 Å². The molecule has 0 bridgehead atoms. The van der Waals surface area contributed by atoms with E-state index in [-0.39, 0.29) is 4.90 Å². The van der Waals surface area contributed by atoms with Gasteiger partial charge in [0, 0.05) is 16.6 Å². The van der Waals surface area contributed by atoms with Gasteiger partial charge in [-0.2, -0.15) is 0 Å². The van der Waals surface area contributed by atoms with Crippen molar-refractivity contribution in [2.45, 2.75) is 25.2 Å². The third kappa shape index (κ3) is 3.10. The van der Waals surface area contributed by atoms with Crippen LogP contribution in [-0.2, 0) is 10.0 Å². The number of nitrogens with one attached hydrogen (secondary N) is 1. The molecule has 0 aromatic heterocycles. The molecule has 0 atom stereocenters. The van der Waals surface area contributed by atoms with Gasteiger partial charge in [-0.05, 0) is 31.0 Å². The van der Waals surface area contributed by atoms with Crippen LogP contribution in [0.1, 0.15) is 18.9 Å². The van der Waals surface area contributed by atoms with Crippen LogP contribution in [0, 0.1) is 6.92 Å². The van der Waals surface area contributed by atoms with E-state index in [1.165, 1.54) is 12.1 Å². The summed E-state index contributed by atoms with van der Waals surface area (Å²) in [5.41, 5.74) is 0.678. The molecule has 0 aliphatic rings. The normalized spacial score (nSPS) is 11.8. The van der Waals surface area contributed by atoms with Crippen molar-refractivity contribution >= 4 is 33.2 Å². The summed E-state index contributed by atoms with van der Waals surface area (Å²) >= 11 is 11.8. The zero-order chi connectivity index (χ0) is 12.3. The van der Waals surface area contributed by atoms with Crippen LogP contribution < -0.4 is 4.72 Å². The second-order valence-electron chi connectivity index (χ2n) is 3.41. The van der Waals surface area contributed by atoms with E-state index < -0.39 is 10.0 Å². The maximum absolute atomic E-state index is 11.8. The summed E-state index contributed by atoms with van der Waals surface area (Å²) in [5.74, 6) is 0. The lowest BCUT2D eigenvalue weighted by molar-refractivity contribution is 0.581. The molecule has 0 saturated heterocycles. The summed E-state index contributed by atoms with van der Waals surface area (Å²) in [6, 6.07) is 2.81. The Morgan fingerprint density at radius 2 is 1.75 bits per heavy atom. The van der Waals surface area contributed by atoms with Crippen molar-refractivity contribution in [3.63, 3.8) is 0 Å². The molecule has 0 fully saturated rings. The first-order valence-electron chi connectivity index (χ1n) is 4.83. The minimum absolute atomic E-state index is 0.0987. The van der Waals surface area contributed by atoms with Crippen molar-refractivity contribution in [1.29, 1.82) is 0 Å². The highest BCUT2D eigenvalue weighted by molar-refractivity contribution is 7.89. The molecule has 0 aliphatic heterocycles. The number of hydrogen-bond donors (Lipinski definition) is 1. The molecule has 0 aliphatic carbocycles. The molecule has 0 radical (unpaired) electrons. The Labute approximate surface area is 106 Å². The van der Waals surface area contributed by atoms with E-state index in [9.17, 15) is 8.42 Å². The van der Waals surface area contributed by atoms with Gasteiger partial charge in [0.15, 0.2) is 0 Å². The molecule has 16 heavy (non-hydrogen) atoms. The molecular formula is C10H13Cl2NO2S. The van der Waals surface area contributed by atoms with Crippen LogP contribution in [0.25, 0.3) is 0 Å². The summed E-state index contributed by atoms with van der Waals surface area (Å²) in [7, 11) is -3.50.